The lowest BCUT2D eigenvalue weighted by Crippen LogP contribution is -2.45. The van der Waals surface area contributed by atoms with Gasteiger partial charge in [0.15, 0.2) is 0 Å². The fourth-order valence-corrected chi connectivity index (χ4v) is 2.39. The summed E-state index contributed by atoms with van der Waals surface area (Å²) in [6.07, 6.45) is 2.73. The summed E-state index contributed by atoms with van der Waals surface area (Å²) in [7, 11) is 0. The van der Waals surface area contributed by atoms with E-state index >= 15 is 0 Å². The fourth-order valence-electron chi connectivity index (χ4n) is 2.29. The molecule has 2 heteroatoms. The highest BCUT2D eigenvalue weighted by Gasteiger charge is 2.27. The Morgan fingerprint density at radius 3 is 2.50 bits per heavy atom. The molecule has 0 aromatic heterocycles. The first-order valence-corrected chi connectivity index (χ1v) is 6.43. The van der Waals surface area contributed by atoms with E-state index in [4.69, 9.17) is 0 Å². The van der Waals surface area contributed by atoms with E-state index in [1.807, 2.05) is 0 Å². The van der Waals surface area contributed by atoms with E-state index < -0.39 is 0 Å². The summed E-state index contributed by atoms with van der Waals surface area (Å²) in [6, 6.07) is 0.762. The topological polar surface area (TPSA) is 3.24 Å². The van der Waals surface area contributed by atoms with Gasteiger partial charge in [0.05, 0.1) is 0 Å². The van der Waals surface area contributed by atoms with E-state index in [0.29, 0.717) is 5.41 Å². The fraction of sp³-hybridized carbons (Fsp3) is 1.00. The van der Waals surface area contributed by atoms with Gasteiger partial charge >= 0.3 is 0 Å². The van der Waals surface area contributed by atoms with E-state index in [2.05, 4.69) is 45.2 Å². The van der Waals surface area contributed by atoms with Crippen LogP contribution in [-0.4, -0.2) is 29.8 Å². The van der Waals surface area contributed by atoms with Gasteiger partial charge in [0.25, 0.3) is 0 Å². The second kappa shape index (κ2) is 4.89. The quantitative estimate of drug-likeness (QED) is 0.708. The van der Waals surface area contributed by atoms with Crippen molar-refractivity contribution in [2.75, 3.05) is 18.8 Å². The highest BCUT2D eigenvalue weighted by molar-refractivity contribution is 7.80. The number of hydrogen-bond donors (Lipinski definition) is 1. The maximum atomic E-state index is 4.42. The number of piperidine rings is 1. The van der Waals surface area contributed by atoms with E-state index in [1.54, 1.807) is 0 Å². The molecule has 0 aromatic carbocycles. The minimum absolute atomic E-state index is 0.359. The SMILES string of the molecule is CC1CCN(CC(C)(C)CS)C(C)C1. The molecule has 1 rings (SSSR count). The van der Waals surface area contributed by atoms with Crippen LogP contribution in [0.15, 0.2) is 0 Å². The van der Waals surface area contributed by atoms with Gasteiger partial charge < -0.3 is 4.90 Å². The lowest BCUT2D eigenvalue weighted by atomic mass is 9.89. The predicted molar refractivity (Wildman–Crippen MR) is 67.1 cm³/mol. The van der Waals surface area contributed by atoms with Crippen molar-refractivity contribution in [2.45, 2.75) is 46.6 Å². The van der Waals surface area contributed by atoms with E-state index in [1.165, 1.54) is 25.9 Å². The predicted octanol–water partition coefficient (Wildman–Crippen LogP) is 3.06. The molecule has 1 nitrogen and oxygen atoms in total. The molecule has 1 aliphatic rings. The normalized spacial score (nSPS) is 30.6. The lowest BCUT2D eigenvalue weighted by molar-refractivity contribution is 0.0924. The molecule has 14 heavy (non-hydrogen) atoms. The van der Waals surface area contributed by atoms with E-state index in [-0.39, 0.29) is 0 Å². The zero-order chi connectivity index (χ0) is 10.8. The van der Waals surface area contributed by atoms with Crippen LogP contribution in [0.4, 0.5) is 0 Å². The minimum atomic E-state index is 0.359. The minimum Gasteiger partial charge on any atom is -0.300 e. The van der Waals surface area contributed by atoms with Crippen LogP contribution in [0, 0.1) is 11.3 Å². The van der Waals surface area contributed by atoms with Crippen molar-refractivity contribution in [2.24, 2.45) is 11.3 Å². The number of likely N-dealkylation sites (tertiary alicyclic amines) is 1. The van der Waals surface area contributed by atoms with Gasteiger partial charge in [0.1, 0.15) is 0 Å². The first-order chi connectivity index (χ1) is 6.44. The summed E-state index contributed by atoms with van der Waals surface area (Å²) in [5.41, 5.74) is 0.359. The molecule has 0 aromatic rings. The van der Waals surface area contributed by atoms with Crippen molar-refractivity contribution in [3.8, 4) is 0 Å². The summed E-state index contributed by atoms with van der Waals surface area (Å²) < 4.78 is 0. The standard InChI is InChI=1S/C12H25NS/c1-10-5-6-13(11(2)7-10)8-12(3,4)9-14/h10-11,14H,5-9H2,1-4H3. The molecule has 2 atom stereocenters. The van der Waals surface area contributed by atoms with Crippen molar-refractivity contribution in [3.05, 3.63) is 0 Å². The third-order valence-electron chi connectivity index (χ3n) is 3.34. The Balaban J connectivity index is 2.45. The Labute approximate surface area is 94.7 Å². The van der Waals surface area contributed by atoms with Crippen molar-refractivity contribution in [3.63, 3.8) is 0 Å². The van der Waals surface area contributed by atoms with Crippen LogP contribution in [0.2, 0.25) is 0 Å². The third-order valence-corrected chi connectivity index (χ3v) is 4.19. The van der Waals surface area contributed by atoms with Gasteiger partial charge in [-0.3, -0.25) is 0 Å². The molecule has 2 unspecified atom stereocenters. The van der Waals surface area contributed by atoms with Crippen LogP contribution < -0.4 is 0 Å². The monoisotopic (exact) mass is 215 g/mol. The molecule has 0 saturated carbocycles. The molecule has 0 aliphatic carbocycles. The summed E-state index contributed by atoms with van der Waals surface area (Å²) in [5.74, 6) is 1.89. The number of nitrogens with zero attached hydrogens (tertiary/aromatic N) is 1. The van der Waals surface area contributed by atoms with Gasteiger partial charge in [0, 0.05) is 12.6 Å². The second-order valence-corrected chi connectivity index (χ2v) is 6.09. The van der Waals surface area contributed by atoms with Crippen molar-refractivity contribution >= 4 is 12.6 Å². The molecule has 0 bridgehead atoms. The Morgan fingerprint density at radius 2 is 2.00 bits per heavy atom. The van der Waals surface area contributed by atoms with Crippen molar-refractivity contribution in [1.82, 2.24) is 4.90 Å². The van der Waals surface area contributed by atoms with Gasteiger partial charge in [-0.05, 0) is 43.4 Å². The van der Waals surface area contributed by atoms with Crippen LogP contribution >= 0.6 is 12.6 Å². The zero-order valence-corrected chi connectivity index (χ0v) is 11.0. The molecule has 1 aliphatic heterocycles. The van der Waals surface area contributed by atoms with Gasteiger partial charge in [-0.2, -0.15) is 12.6 Å². The first kappa shape index (κ1) is 12.4. The van der Waals surface area contributed by atoms with Crippen molar-refractivity contribution < 1.29 is 0 Å². The summed E-state index contributed by atoms with van der Waals surface area (Å²) in [4.78, 5) is 2.64. The molecule has 0 amide bonds. The summed E-state index contributed by atoms with van der Waals surface area (Å²) in [5, 5.41) is 0. The van der Waals surface area contributed by atoms with Gasteiger partial charge in [0.2, 0.25) is 0 Å². The second-order valence-electron chi connectivity index (χ2n) is 5.77. The molecule has 1 saturated heterocycles. The van der Waals surface area contributed by atoms with Crippen LogP contribution in [-0.2, 0) is 0 Å². The Hall–Kier alpha value is 0.310. The Morgan fingerprint density at radius 1 is 1.36 bits per heavy atom. The highest BCUT2D eigenvalue weighted by atomic mass is 32.1. The maximum absolute atomic E-state index is 4.42. The lowest BCUT2D eigenvalue weighted by Gasteiger charge is -2.40. The van der Waals surface area contributed by atoms with Crippen LogP contribution in [0.5, 0.6) is 0 Å². The molecule has 0 radical (unpaired) electrons. The summed E-state index contributed by atoms with van der Waals surface area (Å²) >= 11 is 4.42. The molecular formula is C12H25NS. The average molecular weight is 215 g/mol. The van der Waals surface area contributed by atoms with Crippen LogP contribution in [0.3, 0.4) is 0 Å². The first-order valence-electron chi connectivity index (χ1n) is 5.79. The molecule has 1 heterocycles. The van der Waals surface area contributed by atoms with Crippen molar-refractivity contribution in [1.29, 1.82) is 0 Å². The van der Waals surface area contributed by atoms with Gasteiger partial charge in [-0.1, -0.05) is 20.8 Å². The third kappa shape index (κ3) is 3.47. The average Bonchev–Trinajstić information content (AvgIpc) is 2.10. The van der Waals surface area contributed by atoms with Gasteiger partial charge in [-0.15, -0.1) is 0 Å². The Bertz CT molecular complexity index is 179. The van der Waals surface area contributed by atoms with E-state index in [0.717, 1.165) is 17.7 Å². The molecular weight excluding hydrogens is 190 g/mol. The highest BCUT2D eigenvalue weighted by Crippen LogP contribution is 2.26. The van der Waals surface area contributed by atoms with Gasteiger partial charge in [-0.25, -0.2) is 0 Å². The zero-order valence-electron chi connectivity index (χ0n) is 10.1. The Kier molecular flexibility index (Phi) is 4.32. The molecule has 1 fully saturated rings. The molecule has 0 N–H and O–H groups in total. The molecule has 84 valence electrons. The molecule has 0 spiro atoms. The largest absolute Gasteiger partial charge is 0.300 e. The number of thiol groups is 1. The number of hydrogen-bond acceptors (Lipinski definition) is 2. The summed E-state index contributed by atoms with van der Waals surface area (Å²) in [6.45, 7) is 11.8. The van der Waals surface area contributed by atoms with Crippen LogP contribution in [0.25, 0.3) is 0 Å². The number of rotatable bonds is 3. The van der Waals surface area contributed by atoms with E-state index in [9.17, 15) is 0 Å². The smallest absolute Gasteiger partial charge is 0.00697 e. The maximum Gasteiger partial charge on any atom is 0.00697 e. The van der Waals surface area contributed by atoms with Crippen LogP contribution in [0.1, 0.15) is 40.5 Å².